The number of phenols is 1. The van der Waals surface area contributed by atoms with Crippen LogP contribution in [-0.2, 0) is 10.7 Å². The lowest BCUT2D eigenvalue weighted by Gasteiger charge is -2.20. The summed E-state index contributed by atoms with van der Waals surface area (Å²) in [5.41, 5.74) is 2.98. The van der Waals surface area contributed by atoms with Crippen LogP contribution >= 0.6 is 7.14 Å². The molecule has 0 spiro atoms. The van der Waals surface area contributed by atoms with Gasteiger partial charge in [0.15, 0.2) is 0 Å². The molecule has 0 bridgehead atoms. The second kappa shape index (κ2) is 6.67. The largest absolute Gasteiger partial charge is 0.508 e. The molecule has 0 radical (unpaired) electrons. The Labute approximate surface area is 143 Å². The van der Waals surface area contributed by atoms with E-state index in [-0.39, 0.29) is 5.75 Å². The maximum Gasteiger partial charge on any atom is 0.147 e. The first-order chi connectivity index (χ1) is 11.5. The van der Waals surface area contributed by atoms with Crippen LogP contribution in [-0.4, -0.2) is 5.11 Å². The van der Waals surface area contributed by atoms with Crippen molar-refractivity contribution >= 4 is 17.8 Å². The van der Waals surface area contributed by atoms with Crippen molar-refractivity contribution in [1.82, 2.24) is 0 Å². The van der Waals surface area contributed by atoms with E-state index < -0.39 is 7.14 Å². The molecule has 0 aliphatic rings. The first-order valence-electron chi connectivity index (χ1n) is 7.99. The van der Waals surface area contributed by atoms with Crippen molar-refractivity contribution in [3.05, 3.63) is 89.5 Å². The van der Waals surface area contributed by atoms with Crippen molar-refractivity contribution in [2.45, 2.75) is 20.0 Å². The summed E-state index contributed by atoms with van der Waals surface area (Å²) in [6, 6.07) is 22.8. The van der Waals surface area contributed by atoms with Gasteiger partial charge < -0.3 is 9.67 Å². The highest BCUT2D eigenvalue weighted by molar-refractivity contribution is 7.78. The summed E-state index contributed by atoms with van der Waals surface area (Å²) in [5, 5.41) is 11.8. The van der Waals surface area contributed by atoms with Crippen molar-refractivity contribution in [3.8, 4) is 5.75 Å². The number of aromatic hydroxyl groups is 1. The SMILES string of the molecule is Cc1ccc(P(=O)(Cc2ccccc2O)c2ccc(C)cc2)cc1. The molecule has 0 heterocycles. The van der Waals surface area contributed by atoms with Crippen LogP contribution in [0.1, 0.15) is 16.7 Å². The third-order valence-corrected chi connectivity index (χ3v) is 7.34. The number of aryl methyl sites for hydroxylation is 2. The molecule has 24 heavy (non-hydrogen) atoms. The van der Waals surface area contributed by atoms with Gasteiger partial charge in [-0.15, -0.1) is 0 Å². The monoisotopic (exact) mass is 336 g/mol. The first kappa shape index (κ1) is 16.5. The molecule has 3 heteroatoms. The Hall–Kier alpha value is -2.31. The van der Waals surface area contributed by atoms with Gasteiger partial charge in [-0.05, 0) is 19.9 Å². The fourth-order valence-corrected chi connectivity index (χ4v) is 5.46. The molecule has 3 aromatic carbocycles. The summed E-state index contributed by atoms with van der Waals surface area (Å²) in [6.45, 7) is 4.03. The van der Waals surface area contributed by atoms with Gasteiger partial charge >= 0.3 is 0 Å². The van der Waals surface area contributed by atoms with E-state index in [1.165, 1.54) is 0 Å². The minimum absolute atomic E-state index is 0.192. The molecule has 0 amide bonds. The van der Waals surface area contributed by atoms with Crippen molar-refractivity contribution in [2.75, 3.05) is 0 Å². The molecule has 0 fully saturated rings. The fraction of sp³-hybridized carbons (Fsp3) is 0.143. The van der Waals surface area contributed by atoms with Gasteiger partial charge in [-0.25, -0.2) is 0 Å². The topological polar surface area (TPSA) is 37.3 Å². The smallest absolute Gasteiger partial charge is 0.147 e. The zero-order valence-electron chi connectivity index (χ0n) is 13.9. The average molecular weight is 336 g/mol. The van der Waals surface area contributed by atoms with E-state index in [0.29, 0.717) is 11.7 Å². The second-order valence-corrected chi connectivity index (χ2v) is 9.03. The average Bonchev–Trinajstić information content (AvgIpc) is 2.58. The van der Waals surface area contributed by atoms with Gasteiger partial charge in [0.2, 0.25) is 0 Å². The van der Waals surface area contributed by atoms with Gasteiger partial charge in [0.05, 0.1) is 0 Å². The van der Waals surface area contributed by atoms with Gasteiger partial charge in [-0.1, -0.05) is 77.9 Å². The summed E-state index contributed by atoms with van der Waals surface area (Å²) in [6.07, 6.45) is 0.311. The second-order valence-electron chi connectivity index (χ2n) is 6.20. The van der Waals surface area contributed by atoms with Crippen LogP contribution in [0.25, 0.3) is 0 Å². The molecule has 3 rings (SSSR count). The van der Waals surface area contributed by atoms with E-state index in [0.717, 1.165) is 21.7 Å². The van der Waals surface area contributed by atoms with Crippen molar-refractivity contribution in [1.29, 1.82) is 0 Å². The van der Waals surface area contributed by atoms with E-state index in [4.69, 9.17) is 0 Å². The highest BCUT2D eigenvalue weighted by Gasteiger charge is 2.28. The van der Waals surface area contributed by atoms with Crippen LogP contribution in [0.2, 0.25) is 0 Å². The molecule has 0 aromatic heterocycles. The molecule has 3 aromatic rings. The number of hydrogen-bond donors (Lipinski definition) is 1. The number of rotatable bonds is 4. The lowest BCUT2D eigenvalue weighted by atomic mass is 10.2. The molecule has 1 N–H and O–H groups in total. The zero-order valence-corrected chi connectivity index (χ0v) is 14.8. The van der Waals surface area contributed by atoms with Crippen molar-refractivity contribution in [2.24, 2.45) is 0 Å². The van der Waals surface area contributed by atoms with Crippen LogP contribution in [0, 0.1) is 13.8 Å². The number of phenolic OH excluding ortho intramolecular Hbond substituents is 1. The molecule has 0 atom stereocenters. The summed E-state index contributed by atoms with van der Waals surface area (Å²) in [4.78, 5) is 0. The molecule has 0 aliphatic carbocycles. The standard InChI is InChI=1S/C21H21O2P/c1-16-7-11-19(12-8-16)24(23,20-13-9-17(2)10-14-20)15-18-5-3-4-6-21(18)22/h3-14,22H,15H2,1-2H3. The summed E-state index contributed by atoms with van der Waals surface area (Å²) < 4.78 is 14.0. The zero-order chi connectivity index (χ0) is 17.2. The van der Waals surface area contributed by atoms with Crippen LogP contribution in [0.15, 0.2) is 72.8 Å². The Morgan fingerprint density at radius 1 is 0.750 bits per heavy atom. The van der Waals surface area contributed by atoms with E-state index >= 15 is 0 Å². The Morgan fingerprint density at radius 3 is 1.67 bits per heavy atom. The molecule has 0 aliphatic heterocycles. The number of benzene rings is 3. The minimum Gasteiger partial charge on any atom is -0.508 e. The first-order valence-corrected chi connectivity index (χ1v) is 9.89. The summed E-state index contributed by atoms with van der Waals surface area (Å²) in [7, 11) is -2.87. The van der Waals surface area contributed by atoms with Gasteiger partial charge in [-0.3, -0.25) is 0 Å². The quantitative estimate of drug-likeness (QED) is 0.711. The molecular formula is C21H21O2P. The third-order valence-electron chi connectivity index (χ3n) is 4.29. The molecule has 0 saturated heterocycles. The van der Waals surface area contributed by atoms with E-state index in [9.17, 15) is 9.67 Å². The minimum atomic E-state index is -2.87. The van der Waals surface area contributed by atoms with E-state index in [1.807, 2.05) is 74.5 Å². The lowest BCUT2D eigenvalue weighted by molar-refractivity contribution is 0.470. The Bertz CT molecular complexity index is 831. The van der Waals surface area contributed by atoms with Gasteiger partial charge in [0.1, 0.15) is 12.9 Å². The van der Waals surface area contributed by atoms with Gasteiger partial charge in [0, 0.05) is 22.3 Å². The fourth-order valence-electron chi connectivity index (χ4n) is 2.79. The molecular weight excluding hydrogens is 315 g/mol. The van der Waals surface area contributed by atoms with E-state index in [2.05, 4.69) is 0 Å². The van der Waals surface area contributed by atoms with Crippen LogP contribution in [0.5, 0.6) is 5.75 Å². The van der Waals surface area contributed by atoms with Crippen LogP contribution in [0.3, 0.4) is 0 Å². The Kier molecular flexibility index (Phi) is 4.59. The van der Waals surface area contributed by atoms with Gasteiger partial charge in [-0.2, -0.15) is 0 Å². The summed E-state index contributed by atoms with van der Waals surface area (Å²) >= 11 is 0. The van der Waals surface area contributed by atoms with Gasteiger partial charge in [0.25, 0.3) is 0 Å². The predicted octanol–water partition coefficient (Wildman–Crippen LogP) is 4.52. The molecule has 0 unspecified atom stereocenters. The molecule has 2 nitrogen and oxygen atoms in total. The molecule has 0 saturated carbocycles. The Morgan fingerprint density at radius 2 is 1.21 bits per heavy atom. The Balaban J connectivity index is 2.13. The number of para-hydroxylation sites is 1. The maximum atomic E-state index is 14.0. The van der Waals surface area contributed by atoms with Crippen molar-refractivity contribution in [3.63, 3.8) is 0 Å². The lowest BCUT2D eigenvalue weighted by Crippen LogP contribution is -2.18. The van der Waals surface area contributed by atoms with Crippen LogP contribution < -0.4 is 10.6 Å². The maximum absolute atomic E-state index is 14.0. The molecule has 122 valence electrons. The normalized spacial score (nSPS) is 11.4. The highest BCUT2D eigenvalue weighted by atomic mass is 31.2. The van der Waals surface area contributed by atoms with Crippen LogP contribution in [0.4, 0.5) is 0 Å². The highest BCUT2D eigenvalue weighted by Crippen LogP contribution is 2.48. The van der Waals surface area contributed by atoms with E-state index in [1.54, 1.807) is 12.1 Å². The number of hydrogen-bond acceptors (Lipinski definition) is 2. The summed E-state index contributed by atoms with van der Waals surface area (Å²) in [5.74, 6) is 0.192. The predicted molar refractivity (Wildman–Crippen MR) is 101 cm³/mol. The third kappa shape index (κ3) is 3.29. The van der Waals surface area contributed by atoms with Crippen molar-refractivity contribution < 1.29 is 9.67 Å².